The van der Waals surface area contributed by atoms with Crippen molar-refractivity contribution in [3.8, 4) is 0 Å². The molecule has 0 N–H and O–H groups in total. The molecule has 0 radical (unpaired) electrons. The summed E-state index contributed by atoms with van der Waals surface area (Å²) in [5.74, 6) is -8.42. The molecule has 6 heteroatoms. The fourth-order valence-corrected chi connectivity index (χ4v) is 1.01. The third-order valence-corrected chi connectivity index (χ3v) is 1.71. The number of allylic oxidation sites excluding steroid dienone is 1. The Bertz CT molecular complexity index is 442. The zero-order chi connectivity index (χ0) is 11.6. The first-order chi connectivity index (χ1) is 6.99. The average Bonchev–Trinajstić information content (AvgIpc) is 2.20. The van der Waals surface area contributed by atoms with E-state index in [1.807, 2.05) is 0 Å². The molecule has 0 saturated heterocycles. The van der Waals surface area contributed by atoms with Gasteiger partial charge in [0.15, 0.2) is 29.1 Å². The summed E-state index contributed by atoms with van der Waals surface area (Å²) in [5.41, 5.74) is -0.163. The number of benzene rings is 1. The predicted molar refractivity (Wildman–Crippen MR) is 45.6 cm³/mol. The van der Waals surface area contributed by atoms with Crippen LogP contribution in [0.25, 0.3) is 0 Å². The Hall–Kier alpha value is -1.36. The molecule has 0 aromatic heterocycles. The number of rotatable bonds is 2. The molecule has 1 nitrogen and oxygen atoms in total. The number of hydrogen-bond acceptors (Lipinski definition) is 1. The quantitative estimate of drug-likeness (QED) is 0.254. The number of carbonyl (C=O) groups is 1. The van der Waals surface area contributed by atoms with Crippen LogP contribution in [-0.2, 0) is 0 Å². The number of hydrogen-bond donors (Lipinski definition) is 0. The summed E-state index contributed by atoms with van der Waals surface area (Å²) >= 11 is 5.02. The molecule has 0 amide bonds. The summed E-state index contributed by atoms with van der Waals surface area (Å²) in [6.45, 7) is 0. The molecule has 0 aliphatic carbocycles. The molecular weight excluding hydrogens is 236 g/mol. The van der Waals surface area contributed by atoms with Crippen molar-refractivity contribution in [2.24, 2.45) is 0 Å². The highest BCUT2D eigenvalue weighted by atomic mass is 35.5. The maximum atomic E-state index is 12.9. The SMILES string of the molecule is O=C(C=CCl)c1cc(F)c(F)c(F)c1F. The molecule has 0 spiro atoms. The lowest BCUT2D eigenvalue weighted by atomic mass is 10.1. The second-order valence-corrected chi connectivity index (χ2v) is 2.76. The van der Waals surface area contributed by atoms with E-state index in [0.29, 0.717) is 6.08 Å². The minimum absolute atomic E-state index is 0.271. The molecule has 0 unspecified atom stereocenters. The molecule has 1 aromatic carbocycles. The van der Waals surface area contributed by atoms with Gasteiger partial charge in [0.05, 0.1) is 5.56 Å². The monoisotopic (exact) mass is 238 g/mol. The third kappa shape index (κ3) is 2.18. The van der Waals surface area contributed by atoms with E-state index < -0.39 is 34.6 Å². The Balaban J connectivity index is 3.38. The standard InChI is InChI=1S/C9H3ClF4O/c10-2-1-6(15)4-3-5(11)8(13)9(14)7(4)12/h1-3H. The van der Waals surface area contributed by atoms with E-state index in [1.54, 1.807) is 0 Å². The van der Waals surface area contributed by atoms with Crippen LogP contribution in [0.4, 0.5) is 17.6 Å². The minimum atomic E-state index is -2.03. The summed E-state index contributed by atoms with van der Waals surface area (Å²) in [4.78, 5) is 11.0. The van der Waals surface area contributed by atoms with Crippen LogP contribution in [0, 0.1) is 23.3 Å². The first-order valence-corrected chi connectivity index (χ1v) is 4.06. The van der Waals surface area contributed by atoms with E-state index in [1.165, 1.54) is 0 Å². The normalized spacial score (nSPS) is 11.0. The fraction of sp³-hybridized carbons (Fsp3) is 0. The highest BCUT2D eigenvalue weighted by Crippen LogP contribution is 2.19. The van der Waals surface area contributed by atoms with Crippen molar-refractivity contribution >= 4 is 17.4 Å². The lowest BCUT2D eigenvalue weighted by molar-refractivity contribution is 0.104. The van der Waals surface area contributed by atoms with Crippen molar-refractivity contribution in [2.75, 3.05) is 0 Å². The molecule has 1 rings (SSSR count). The van der Waals surface area contributed by atoms with Gasteiger partial charge in [-0.15, -0.1) is 0 Å². The molecule has 15 heavy (non-hydrogen) atoms. The molecule has 0 saturated carbocycles. The van der Waals surface area contributed by atoms with E-state index in [2.05, 4.69) is 0 Å². The maximum Gasteiger partial charge on any atom is 0.198 e. The molecular formula is C9H3ClF4O. The van der Waals surface area contributed by atoms with E-state index in [9.17, 15) is 22.4 Å². The number of ketones is 1. The van der Waals surface area contributed by atoms with E-state index in [-0.39, 0.29) is 6.07 Å². The number of halogens is 5. The van der Waals surface area contributed by atoms with Crippen LogP contribution in [0.15, 0.2) is 17.7 Å². The second kappa shape index (κ2) is 4.44. The van der Waals surface area contributed by atoms with Crippen molar-refractivity contribution < 1.29 is 22.4 Å². The zero-order valence-corrected chi connectivity index (χ0v) is 7.79. The average molecular weight is 239 g/mol. The molecule has 1 aromatic rings. The smallest absolute Gasteiger partial charge is 0.198 e. The van der Waals surface area contributed by atoms with Crippen LogP contribution >= 0.6 is 11.6 Å². The van der Waals surface area contributed by atoms with Gasteiger partial charge in [0.1, 0.15) is 0 Å². The van der Waals surface area contributed by atoms with Gasteiger partial charge in [-0.2, -0.15) is 0 Å². The summed E-state index contributed by atoms with van der Waals surface area (Å²) in [6.07, 6.45) is 0.691. The summed E-state index contributed by atoms with van der Waals surface area (Å²) in [6, 6.07) is 0.271. The third-order valence-electron chi connectivity index (χ3n) is 1.58. The Labute approximate surface area is 87.0 Å². The Morgan fingerprint density at radius 1 is 1.13 bits per heavy atom. The van der Waals surface area contributed by atoms with Crippen molar-refractivity contribution in [1.29, 1.82) is 0 Å². The van der Waals surface area contributed by atoms with Crippen LogP contribution in [0.5, 0.6) is 0 Å². The lowest BCUT2D eigenvalue weighted by Gasteiger charge is -2.01. The van der Waals surface area contributed by atoms with E-state index in [0.717, 1.165) is 5.54 Å². The summed E-state index contributed by atoms with van der Waals surface area (Å²) in [7, 11) is 0. The van der Waals surface area contributed by atoms with Crippen molar-refractivity contribution in [3.63, 3.8) is 0 Å². The highest BCUT2D eigenvalue weighted by molar-refractivity contribution is 6.27. The van der Waals surface area contributed by atoms with Crippen molar-refractivity contribution in [3.05, 3.63) is 46.5 Å². The molecule has 0 aliphatic rings. The van der Waals surface area contributed by atoms with Gasteiger partial charge in [-0.25, -0.2) is 17.6 Å². The molecule has 80 valence electrons. The number of carbonyl (C=O) groups excluding carboxylic acids is 1. The predicted octanol–water partition coefficient (Wildman–Crippen LogP) is 3.18. The summed E-state index contributed by atoms with van der Waals surface area (Å²) in [5, 5.41) is 0. The second-order valence-electron chi connectivity index (χ2n) is 2.50. The zero-order valence-electron chi connectivity index (χ0n) is 7.03. The van der Waals surface area contributed by atoms with Crippen LogP contribution in [0.2, 0.25) is 0 Å². The molecule has 0 aliphatic heterocycles. The van der Waals surface area contributed by atoms with Crippen LogP contribution in [0.1, 0.15) is 10.4 Å². The van der Waals surface area contributed by atoms with Gasteiger partial charge in [0, 0.05) is 5.54 Å². The molecule has 0 heterocycles. The largest absolute Gasteiger partial charge is 0.289 e. The van der Waals surface area contributed by atoms with Crippen LogP contribution in [-0.4, -0.2) is 5.78 Å². The van der Waals surface area contributed by atoms with Gasteiger partial charge in [-0.05, 0) is 12.1 Å². The fourth-order valence-electron chi connectivity index (χ4n) is 0.899. The highest BCUT2D eigenvalue weighted by Gasteiger charge is 2.21. The van der Waals surface area contributed by atoms with Crippen LogP contribution in [0.3, 0.4) is 0 Å². The van der Waals surface area contributed by atoms with E-state index >= 15 is 0 Å². The van der Waals surface area contributed by atoms with Crippen LogP contribution < -0.4 is 0 Å². The Morgan fingerprint density at radius 3 is 2.27 bits per heavy atom. The molecule has 0 bridgehead atoms. The summed E-state index contributed by atoms with van der Waals surface area (Å²) < 4.78 is 50.7. The molecule has 0 fully saturated rings. The molecule has 0 atom stereocenters. The first kappa shape index (κ1) is 11.7. The van der Waals surface area contributed by atoms with Gasteiger partial charge in [0.2, 0.25) is 0 Å². The Kier molecular flexibility index (Phi) is 3.47. The first-order valence-electron chi connectivity index (χ1n) is 3.63. The van der Waals surface area contributed by atoms with E-state index in [4.69, 9.17) is 11.6 Å². The topological polar surface area (TPSA) is 17.1 Å². The van der Waals surface area contributed by atoms with Gasteiger partial charge in [0.25, 0.3) is 0 Å². The van der Waals surface area contributed by atoms with Gasteiger partial charge in [-0.1, -0.05) is 11.6 Å². The maximum absolute atomic E-state index is 12.9. The van der Waals surface area contributed by atoms with Crippen molar-refractivity contribution in [1.82, 2.24) is 0 Å². The van der Waals surface area contributed by atoms with Gasteiger partial charge >= 0.3 is 0 Å². The Morgan fingerprint density at radius 2 is 1.73 bits per heavy atom. The lowest BCUT2D eigenvalue weighted by Crippen LogP contribution is -2.05. The van der Waals surface area contributed by atoms with Gasteiger partial charge < -0.3 is 0 Å². The van der Waals surface area contributed by atoms with Crippen molar-refractivity contribution in [2.45, 2.75) is 0 Å². The van der Waals surface area contributed by atoms with Gasteiger partial charge in [-0.3, -0.25) is 4.79 Å². The minimum Gasteiger partial charge on any atom is -0.289 e.